The van der Waals surface area contributed by atoms with Gasteiger partial charge in [-0.3, -0.25) is 0 Å². The number of nitrogens with one attached hydrogen (secondary N) is 2. The van der Waals surface area contributed by atoms with Crippen LogP contribution >= 0.6 is 0 Å². The number of aliphatic hydroxyl groups excluding tert-OH is 1. The molecule has 2 atom stereocenters. The predicted molar refractivity (Wildman–Crippen MR) is 83.6 cm³/mol. The van der Waals surface area contributed by atoms with Crippen molar-refractivity contribution in [1.29, 1.82) is 0 Å². The van der Waals surface area contributed by atoms with Crippen molar-refractivity contribution in [2.24, 2.45) is 5.92 Å². The monoisotopic (exact) mass is 313 g/mol. The van der Waals surface area contributed by atoms with Crippen molar-refractivity contribution >= 4 is 21.4 Å². The number of benzene rings is 1. The lowest BCUT2D eigenvalue weighted by Crippen LogP contribution is -2.25. The highest BCUT2D eigenvalue weighted by molar-refractivity contribution is 7.89. The van der Waals surface area contributed by atoms with Gasteiger partial charge < -0.3 is 16.2 Å². The van der Waals surface area contributed by atoms with Gasteiger partial charge >= 0.3 is 0 Å². The molecule has 1 saturated carbocycles. The average Bonchev–Trinajstić information content (AvgIpc) is 2.46. The highest BCUT2D eigenvalue weighted by atomic mass is 32.2. The van der Waals surface area contributed by atoms with E-state index in [0.29, 0.717) is 11.6 Å². The van der Waals surface area contributed by atoms with Crippen molar-refractivity contribution in [3.8, 4) is 0 Å². The van der Waals surface area contributed by atoms with Crippen molar-refractivity contribution in [3.05, 3.63) is 18.2 Å². The zero-order valence-electron chi connectivity index (χ0n) is 12.2. The normalized spacial score (nSPS) is 23.0. The van der Waals surface area contributed by atoms with Crippen LogP contribution in [0, 0.1) is 5.92 Å². The number of hydrogen-bond donors (Lipinski definition) is 4. The smallest absolute Gasteiger partial charge is 0.240 e. The molecule has 0 heterocycles. The maximum Gasteiger partial charge on any atom is 0.240 e. The second-order valence-electron chi connectivity index (χ2n) is 5.52. The number of rotatable bonds is 5. The molecule has 0 spiro atoms. The van der Waals surface area contributed by atoms with Crippen molar-refractivity contribution in [3.63, 3.8) is 0 Å². The molecule has 1 aliphatic carbocycles. The molecule has 0 aromatic heterocycles. The molecule has 1 fully saturated rings. The summed E-state index contributed by atoms with van der Waals surface area (Å²) in [4.78, 5) is 0.154. The number of nitrogens with two attached hydrogens (primary N) is 1. The Labute approximate surface area is 125 Å². The molecule has 0 aliphatic heterocycles. The first-order valence-electron chi connectivity index (χ1n) is 7.17. The van der Waals surface area contributed by atoms with Gasteiger partial charge in [0, 0.05) is 6.54 Å². The van der Waals surface area contributed by atoms with Crippen molar-refractivity contribution < 1.29 is 13.5 Å². The van der Waals surface area contributed by atoms with Crippen LogP contribution in [0.3, 0.4) is 0 Å². The van der Waals surface area contributed by atoms with Gasteiger partial charge in [-0.25, -0.2) is 13.1 Å². The molecule has 5 N–H and O–H groups in total. The van der Waals surface area contributed by atoms with Crippen molar-refractivity contribution in [2.45, 2.75) is 36.7 Å². The summed E-state index contributed by atoms with van der Waals surface area (Å²) in [6.45, 7) is 0.736. The Morgan fingerprint density at radius 2 is 2.14 bits per heavy atom. The van der Waals surface area contributed by atoms with Gasteiger partial charge in [0.2, 0.25) is 10.0 Å². The number of anilines is 2. The minimum Gasteiger partial charge on any atom is -0.397 e. The van der Waals surface area contributed by atoms with Gasteiger partial charge in [0.25, 0.3) is 0 Å². The van der Waals surface area contributed by atoms with Gasteiger partial charge in [-0.15, -0.1) is 0 Å². The fraction of sp³-hybridized carbons (Fsp3) is 0.571. The minimum absolute atomic E-state index is 0.154. The van der Waals surface area contributed by atoms with Crippen LogP contribution in [0.15, 0.2) is 23.1 Å². The van der Waals surface area contributed by atoms with E-state index in [1.54, 1.807) is 6.07 Å². The third-order valence-corrected chi connectivity index (χ3v) is 5.35. The van der Waals surface area contributed by atoms with Crippen LogP contribution < -0.4 is 15.8 Å². The summed E-state index contributed by atoms with van der Waals surface area (Å²) >= 11 is 0. The van der Waals surface area contributed by atoms with E-state index in [1.165, 1.54) is 19.2 Å². The van der Waals surface area contributed by atoms with E-state index in [2.05, 4.69) is 10.0 Å². The van der Waals surface area contributed by atoms with Crippen LogP contribution in [0.4, 0.5) is 11.4 Å². The van der Waals surface area contributed by atoms with Gasteiger partial charge in [0.1, 0.15) is 0 Å². The minimum atomic E-state index is -3.47. The zero-order chi connectivity index (χ0) is 15.5. The predicted octanol–water partition coefficient (Wildman–Crippen LogP) is 1.14. The van der Waals surface area contributed by atoms with Crippen molar-refractivity contribution in [1.82, 2.24) is 4.72 Å². The van der Waals surface area contributed by atoms with E-state index in [1.807, 2.05) is 0 Å². The molecule has 21 heavy (non-hydrogen) atoms. The number of sulfonamides is 1. The SMILES string of the molecule is CNS(=O)(=O)c1ccc(NCC2CCCC(O)C2)c(N)c1. The van der Waals surface area contributed by atoms with Crippen LogP contribution in [0.2, 0.25) is 0 Å². The van der Waals surface area contributed by atoms with E-state index in [-0.39, 0.29) is 11.0 Å². The Kier molecular flexibility index (Phi) is 5.08. The summed E-state index contributed by atoms with van der Waals surface area (Å²) in [5, 5.41) is 12.9. The van der Waals surface area contributed by atoms with E-state index in [0.717, 1.165) is 37.9 Å². The fourth-order valence-electron chi connectivity index (χ4n) is 2.69. The quantitative estimate of drug-likeness (QED) is 0.610. The van der Waals surface area contributed by atoms with E-state index < -0.39 is 10.0 Å². The summed E-state index contributed by atoms with van der Waals surface area (Å²) in [5.74, 6) is 0.425. The molecule has 0 amide bonds. The molecular weight excluding hydrogens is 290 g/mol. The molecule has 0 saturated heterocycles. The highest BCUT2D eigenvalue weighted by Gasteiger charge is 2.20. The second-order valence-corrected chi connectivity index (χ2v) is 7.41. The molecule has 1 aromatic rings. The zero-order valence-corrected chi connectivity index (χ0v) is 13.0. The lowest BCUT2D eigenvalue weighted by Gasteiger charge is -2.26. The Bertz CT molecular complexity index is 589. The Morgan fingerprint density at radius 1 is 1.38 bits per heavy atom. The van der Waals surface area contributed by atoms with Crippen LogP contribution in [0.1, 0.15) is 25.7 Å². The van der Waals surface area contributed by atoms with Gasteiger partial charge in [0.05, 0.1) is 22.4 Å². The Hall–Kier alpha value is -1.31. The van der Waals surface area contributed by atoms with Crippen LogP contribution in [-0.4, -0.2) is 33.2 Å². The standard InChI is InChI=1S/C14H23N3O3S/c1-16-21(19,20)12-5-6-14(13(15)8-12)17-9-10-3-2-4-11(18)7-10/h5-6,8,10-11,16-18H,2-4,7,9,15H2,1H3. The maximum absolute atomic E-state index is 11.7. The van der Waals surface area contributed by atoms with Crippen LogP contribution in [0.25, 0.3) is 0 Å². The third-order valence-electron chi connectivity index (χ3n) is 3.94. The summed E-state index contributed by atoms with van der Waals surface area (Å²) in [5.41, 5.74) is 7.04. The number of nitrogen functional groups attached to an aromatic ring is 1. The summed E-state index contributed by atoms with van der Waals surface area (Å²) < 4.78 is 25.6. The molecule has 1 aromatic carbocycles. The molecular formula is C14H23N3O3S. The molecule has 2 unspecified atom stereocenters. The third kappa shape index (κ3) is 4.09. The topological polar surface area (TPSA) is 104 Å². The van der Waals surface area contributed by atoms with Crippen LogP contribution in [0.5, 0.6) is 0 Å². The maximum atomic E-state index is 11.7. The summed E-state index contributed by atoms with van der Waals surface area (Å²) in [7, 11) is -2.10. The van der Waals surface area contributed by atoms with Gasteiger partial charge in [0.15, 0.2) is 0 Å². The number of hydrogen-bond acceptors (Lipinski definition) is 5. The second kappa shape index (κ2) is 6.64. The van der Waals surface area contributed by atoms with Crippen LogP contribution in [-0.2, 0) is 10.0 Å². The first kappa shape index (κ1) is 16.1. The van der Waals surface area contributed by atoms with Gasteiger partial charge in [-0.05, 0) is 50.4 Å². The van der Waals surface area contributed by atoms with E-state index >= 15 is 0 Å². The highest BCUT2D eigenvalue weighted by Crippen LogP contribution is 2.27. The van der Waals surface area contributed by atoms with Gasteiger partial charge in [-0.1, -0.05) is 6.42 Å². The molecule has 0 radical (unpaired) electrons. The molecule has 1 aliphatic rings. The average molecular weight is 313 g/mol. The first-order chi connectivity index (χ1) is 9.92. The Balaban J connectivity index is 2.01. The molecule has 118 valence electrons. The van der Waals surface area contributed by atoms with E-state index in [9.17, 15) is 13.5 Å². The summed E-state index contributed by atoms with van der Waals surface area (Å²) in [6, 6.07) is 4.66. The van der Waals surface area contributed by atoms with E-state index in [4.69, 9.17) is 5.73 Å². The molecule has 0 bridgehead atoms. The molecule has 2 rings (SSSR count). The molecule has 7 heteroatoms. The lowest BCUT2D eigenvalue weighted by atomic mass is 9.87. The van der Waals surface area contributed by atoms with Gasteiger partial charge in [-0.2, -0.15) is 0 Å². The van der Waals surface area contributed by atoms with Crippen molar-refractivity contribution in [2.75, 3.05) is 24.6 Å². The summed E-state index contributed by atoms with van der Waals surface area (Å²) in [6.07, 6.45) is 3.62. The lowest BCUT2D eigenvalue weighted by molar-refractivity contribution is 0.105. The number of aliphatic hydroxyl groups is 1. The first-order valence-corrected chi connectivity index (χ1v) is 8.65. The Morgan fingerprint density at radius 3 is 2.76 bits per heavy atom. The fourth-order valence-corrected chi connectivity index (χ4v) is 3.45. The largest absolute Gasteiger partial charge is 0.397 e. The molecule has 6 nitrogen and oxygen atoms in total.